The summed E-state index contributed by atoms with van der Waals surface area (Å²) in [6.07, 6.45) is -3.09. The summed E-state index contributed by atoms with van der Waals surface area (Å²) in [5, 5.41) is 6.78. The third-order valence-electron chi connectivity index (χ3n) is 1.62. The molecule has 0 atom stereocenters. The molecule has 0 amide bonds. The fourth-order valence-electron chi connectivity index (χ4n) is 0.920. The molecule has 8 heteroatoms. The number of guanidine groups is 1. The molecule has 0 aliphatic carbocycles. The van der Waals surface area contributed by atoms with E-state index in [1.165, 1.54) is 18.3 Å². The van der Waals surface area contributed by atoms with Gasteiger partial charge in [0.1, 0.15) is 0 Å². The van der Waals surface area contributed by atoms with Crippen molar-refractivity contribution in [1.29, 1.82) is 0 Å². The van der Waals surface area contributed by atoms with Crippen LogP contribution in [0.1, 0.15) is 11.1 Å². The lowest BCUT2D eigenvalue weighted by Crippen LogP contribution is -2.21. The molecule has 0 heterocycles. The SMILES string of the molecule is Cl.NC(N)=N/N=C/c1ccc(C(F)(F)F)cc1. The van der Waals surface area contributed by atoms with Crippen molar-refractivity contribution in [2.75, 3.05) is 0 Å². The highest BCUT2D eigenvalue weighted by atomic mass is 35.5. The van der Waals surface area contributed by atoms with Crippen LogP contribution in [0.2, 0.25) is 0 Å². The van der Waals surface area contributed by atoms with Gasteiger partial charge in [0.2, 0.25) is 5.96 Å². The summed E-state index contributed by atoms with van der Waals surface area (Å²) in [6.45, 7) is 0. The van der Waals surface area contributed by atoms with E-state index >= 15 is 0 Å². The topological polar surface area (TPSA) is 76.8 Å². The highest BCUT2D eigenvalue weighted by Crippen LogP contribution is 2.28. The van der Waals surface area contributed by atoms with Crippen molar-refractivity contribution >= 4 is 24.6 Å². The lowest BCUT2D eigenvalue weighted by molar-refractivity contribution is -0.137. The number of benzene rings is 1. The van der Waals surface area contributed by atoms with Crippen molar-refractivity contribution in [3.05, 3.63) is 35.4 Å². The summed E-state index contributed by atoms with van der Waals surface area (Å²) < 4.78 is 36.6. The molecule has 4 N–H and O–H groups in total. The monoisotopic (exact) mass is 266 g/mol. The molecule has 4 nitrogen and oxygen atoms in total. The third kappa shape index (κ3) is 5.21. The molecule has 1 rings (SSSR count). The van der Waals surface area contributed by atoms with Crippen molar-refractivity contribution in [3.63, 3.8) is 0 Å². The Labute approximate surface area is 102 Å². The standard InChI is InChI=1S/C9H9F3N4.ClH/c10-9(11,12)7-3-1-6(2-4-7)5-15-16-8(13)14;/h1-5H,(H4,13,14,16);1H/b15-5+;. The Morgan fingerprint density at radius 1 is 1.12 bits per heavy atom. The van der Waals surface area contributed by atoms with Crippen LogP contribution >= 0.6 is 12.4 Å². The van der Waals surface area contributed by atoms with Crippen LogP contribution in [-0.4, -0.2) is 12.2 Å². The average molecular weight is 267 g/mol. The average Bonchev–Trinajstić information content (AvgIpc) is 2.16. The first-order chi connectivity index (χ1) is 7.39. The van der Waals surface area contributed by atoms with E-state index in [-0.39, 0.29) is 18.4 Å². The summed E-state index contributed by atoms with van der Waals surface area (Å²) in [6, 6.07) is 4.46. The minimum absolute atomic E-state index is 0. The van der Waals surface area contributed by atoms with Crippen LogP contribution in [0.3, 0.4) is 0 Å². The van der Waals surface area contributed by atoms with Crippen LogP contribution in [0.15, 0.2) is 34.5 Å². The molecule has 0 saturated carbocycles. The van der Waals surface area contributed by atoms with Gasteiger partial charge in [-0.3, -0.25) is 0 Å². The maximum absolute atomic E-state index is 12.2. The third-order valence-corrected chi connectivity index (χ3v) is 1.62. The molecule has 0 radical (unpaired) electrons. The van der Waals surface area contributed by atoms with Gasteiger partial charge in [-0.2, -0.15) is 18.3 Å². The van der Waals surface area contributed by atoms with Crippen molar-refractivity contribution in [2.45, 2.75) is 6.18 Å². The summed E-state index contributed by atoms with van der Waals surface area (Å²) >= 11 is 0. The van der Waals surface area contributed by atoms with Gasteiger partial charge in [-0.25, -0.2) is 0 Å². The Morgan fingerprint density at radius 3 is 2.06 bits per heavy atom. The largest absolute Gasteiger partial charge is 0.416 e. The van der Waals surface area contributed by atoms with Gasteiger partial charge in [-0.15, -0.1) is 17.5 Å². The maximum atomic E-state index is 12.2. The highest BCUT2D eigenvalue weighted by Gasteiger charge is 2.29. The summed E-state index contributed by atoms with van der Waals surface area (Å²) in [5.74, 6) is -0.219. The first-order valence-electron chi connectivity index (χ1n) is 4.19. The van der Waals surface area contributed by atoms with E-state index < -0.39 is 11.7 Å². The first-order valence-corrected chi connectivity index (χ1v) is 4.19. The van der Waals surface area contributed by atoms with Gasteiger partial charge in [-0.05, 0) is 17.7 Å². The van der Waals surface area contributed by atoms with Crippen molar-refractivity contribution in [1.82, 2.24) is 0 Å². The number of hydrogen-bond donors (Lipinski definition) is 2. The van der Waals surface area contributed by atoms with Gasteiger partial charge in [0.25, 0.3) is 0 Å². The van der Waals surface area contributed by atoms with Gasteiger partial charge >= 0.3 is 6.18 Å². The highest BCUT2D eigenvalue weighted by molar-refractivity contribution is 5.85. The molecule has 0 bridgehead atoms. The van der Waals surface area contributed by atoms with E-state index in [2.05, 4.69) is 10.2 Å². The van der Waals surface area contributed by atoms with Crippen LogP contribution in [0.25, 0.3) is 0 Å². The molecule has 1 aromatic rings. The molecule has 0 aliphatic rings. The van der Waals surface area contributed by atoms with Gasteiger partial charge in [0.05, 0.1) is 11.8 Å². The van der Waals surface area contributed by atoms with E-state index in [1.54, 1.807) is 0 Å². The smallest absolute Gasteiger partial charge is 0.369 e. The molecule has 1 aromatic carbocycles. The van der Waals surface area contributed by atoms with Gasteiger partial charge in [-0.1, -0.05) is 12.1 Å². The van der Waals surface area contributed by atoms with Crippen LogP contribution in [0.5, 0.6) is 0 Å². The number of hydrogen-bond acceptors (Lipinski definition) is 2. The summed E-state index contributed by atoms with van der Waals surface area (Å²) in [5.41, 5.74) is 9.76. The zero-order valence-corrected chi connectivity index (χ0v) is 9.29. The number of halogens is 4. The Morgan fingerprint density at radius 2 is 1.65 bits per heavy atom. The Balaban J connectivity index is 0.00000256. The minimum Gasteiger partial charge on any atom is -0.369 e. The van der Waals surface area contributed by atoms with Crippen LogP contribution < -0.4 is 11.5 Å². The number of nitrogens with zero attached hydrogens (tertiary/aromatic N) is 2. The van der Waals surface area contributed by atoms with E-state index in [9.17, 15) is 13.2 Å². The molecular weight excluding hydrogens is 257 g/mol. The van der Waals surface area contributed by atoms with Crippen LogP contribution in [0.4, 0.5) is 13.2 Å². The molecule has 0 aliphatic heterocycles. The summed E-state index contributed by atoms with van der Waals surface area (Å²) in [4.78, 5) is 0. The Kier molecular flexibility index (Phi) is 5.46. The normalized spacial score (nSPS) is 11.0. The van der Waals surface area contributed by atoms with Crippen LogP contribution in [-0.2, 0) is 6.18 Å². The second-order valence-corrected chi connectivity index (χ2v) is 2.89. The quantitative estimate of drug-likeness (QED) is 0.486. The second kappa shape index (κ2) is 6.09. The van der Waals surface area contributed by atoms with E-state index in [1.807, 2.05) is 0 Å². The predicted octanol–water partition coefficient (Wildman–Crippen LogP) is 1.73. The van der Waals surface area contributed by atoms with Gasteiger partial charge in [0.15, 0.2) is 0 Å². The minimum atomic E-state index is -4.34. The molecule has 0 unspecified atom stereocenters. The van der Waals surface area contributed by atoms with Gasteiger partial charge in [0, 0.05) is 0 Å². The molecular formula is C9H10ClF3N4. The Bertz CT molecular complexity index is 407. The lowest BCUT2D eigenvalue weighted by atomic mass is 10.1. The molecule has 94 valence electrons. The van der Waals surface area contributed by atoms with E-state index in [4.69, 9.17) is 11.5 Å². The molecule has 0 fully saturated rings. The summed E-state index contributed by atoms with van der Waals surface area (Å²) in [7, 11) is 0. The Hall–Kier alpha value is -1.76. The van der Waals surface area contributed by atoms with Gasteiger partial charge < -0.3 is 11.5 Å². The van der Waals surface area contributed by atoms with Crippen molar-refractivity contribution in [3.8, 4) is 0 Å². The van der Waals surface area contributed by atoms with Crippen LogP contribution in [0, 0.1) is 0 Å². The zero-order valence-electron chi connectivity index (χ0n) is 8.48. The van der Waals surface area contributed by atoms with E-state index in [0.29, 0.717) is 5.56 Å². The fraction of sp³-hybridized carbons (Fsp3) is 0.111. The first kappa shape index (κ1) is 15.2. The molecule has 0 aromatic heterocycles. The van der Waals surface area contributed by atoms with Crippen molar-refractivity contribution in [2.24, 2.45) is 21.7 Å². The predicted molar refractivity (Wildman–Crippen MR) is 62.1 cm³/mol. The zero-order chi connectivity index (χ0) is 12.2. The molecule has 17 heavy (non-hydrogen) atoms. The maximum Gasteiger partial charge on any atom is 0.416 e. The van der Waals surface area contributed by atoms with E-state index in [0.717, 1.165) is 12.1 Å². The number of rotatable bonds is 2. The fourth-order valence-corrected chi connectivity index (χ4v) is 0.920. The molecule has 0 spiro atoms. The molecule has 0 saturated heterocycles. The number of nitrogens with two attached hydrogens (primary N) is 2. The van der Waals surface area contributed by atoms with Crippen molar-refractivity contribution < 1.29 is 13.2 Å². The second-order valence-electron chi connectivity index (χ2n) is 2.89. The lowest BCUT2D eigenvalue weighted by Gasteiger charge is -2.05. The number of alkyl halides is 3.